The van der Waals surface area contributed by atoms with Crippen LogP contribution < -0.4 is 10.1 Å². The van der Waals surface area contributed by atoms with E-state index in [1.807, 2.05) is 6.07 Å². The molecule has 5 nitrogen and oxygen atoms in total. The Morgan fingerprint density at radius 2 is 1.75 bits per heavy atom. The van der Waals surface area contributed by atoms with Crippen molar-refractivity contribution >= 4 is 18.0 Å². The van der Waals surface area contributed by atoms with Crippen LogP contribution in [0.1, 0.15) is 34.1 Å². The largest absolute Gasteiger partial charge is 0.494 e. The summed E-state index contributed by atoms with van der Waals surface area (Å²) in [6.45, 7) is 1.72. The van der Waals surface area contributed by atoms with Gasteiger partial charge in [-0.1, -0.05) is 18.2 Å². The van der Waals surface area contributed by atoms with Crippen molar-refractivity contribution in [3.05, 3.63) is 65.7 Å². The number of ether oxygens (including phenoxy) is 1. The van der Waals surface area contributed by atoms with Gasteiger partial charge in [-0.3, -0.25) is 14.4 Å². The van der Waals surface area contributed by atoms with Gasteiger partial charge in [0.15, 0.2) is 5.78 Å². The molecule has 2 rings (SSSR count). The van der Waals surface area contributed by atoms with E-state index in [0.717, 1.165) is 6.29 Å². The normalized spacial score (nSPS) is 11.4. The highest BCUT2D eigenvalue weighted by molar-refractivity contribution is 5.97. The second kappa shape index (κ2) is 8.62. The van der Waals surface area contributed by atoms with E-state index in [0.29, 0.717) is 23.3 Å². The first-order valence-electron chi connectivity index (χ1n) is 7.64. The molecule has 0 aliphatic carbocycles. The van der Waals surface area contributed by atoms with Gasteiger partial charge in [-0.05, 0) is 43.3 Å². The zero-order chi connectivity index (χ0) is 17.4. The van der Waals surface area contributed by atoms with Crippen molar-refractivity contribution in [2.45, 2.75) is 19.4 Å². The molecule has 0 fully saturated rings. The fourth-order valence-electron chi connectivity index (χ4n) is 2.15. The Morgan fingerprint density at radius 1 is 1.08 bits per heavy atom. The van der Waals surface area contributed by atoms with E-state index in [4.69, 9.17) is 4.74 Å². The van der Waals surface area contributed by atoms with Crippen LogP contribution in [0.2, 0.25) is 0 Å². The number of ketones is 1. The van der Waals surface area contributed by atoms with Crippen LogP contribution in [0, 0.1) is 0 Å². The predicted octanol–water partition coefficient (Wildman–Crippen LogP) is 2.66. The molecule has 0 bridgehead atoms. The third kappa shape index (κ3) is 5.05. The monoisotopic (exact) mass is 325 g/mol. The molecule has 0 aliphatic heterocycles. The molecule has 0 heterocycles. The first kappa shape index (κ1) is 17.4. The summed E-state index contributed by atoms with van der Waals surface area (Å²) in [5.74, 6) is 0.197. The van der Waals surface area contributed by atoms with Gasteiger partial charge in [-0.15, -0.1) is 0 Å². The molecule has 2 aromatic carbocycles. The van der Waals surface area contributed by atoms with Crippen molar-refractivity contribution < 1.29 is 19.1 Å². The fourth-order valence-corrected chi connectivity index (χ4v) is 2.15. The van der Waals surface area contributed by atoms with Crippen molar-refractivity contribution in [1.82, 2.24) is 5.32 Å². The summed E-state index contributed by atoms with van der Waals surface area (Å²) in [6.07, 6.45) is 1.12. The third-order valence-corrected chi connectivity index (χ3v) is 3.52. The number of carbonyl (C=O) groups is 3. The third-order valence-electron chi connectivity index (χ3n) is 3.52. The van der Waals surface area contributed by atoms with E-state index >= 15 is 0 Å². The van der Waals surface area contributed by atoms with Crippen molar-refractivity contribution in [2.75, 3.05) is 6.61 Å². The molecule has 1 N–H and O–H groups in total. The molecule has 0 spiro atoms. The molecule has 0 aliphatic rings. The number of benzene rings is 2. The van der Waals surface area contributed by atoms with Crippen LogP contribution >= 0.6 is 0 Å². The molecule has 1 amide bonds. The highest BCUT2D eigenvalue weighted by Gasteiger charge is 2.18. The van der Waals surface area contributed by atoms with Gasteiger partial charge in [-0.2, -0.15) is 0 Å². The van der Waals surface area contributed by atoms with Crippen LogP contribution in [-0.2, 0) is 4.79 Å². The Bertz CT molecular complexity index is 695. The molecule has 0 radical (unpaired) electrons. The van der Waals surface area contributed by atoms with E-state index in [-0.39, 0.29) is 18.3 Å². The van der Waals surface area contributed by atoms with Gasteiger partial charge in [0, 0.05) is 17.5 Å². The molecule has 0 aromatic heterocycles. The molecule has 1 atom stereocenters. The minimum atomic E-state index is -0.605. The summed E-state index contributed by atoms with van der Waals surface area (Å²) in [5.41, 5.74) is 1.08. The molecule has 124 valence electrons. The van der Waals surface area contributed by atoms with Crippen LogP contribution in [0.3, 0.4) is 0 Å². The quantitative estimate of drug-likeness (QED) is 0.757. The SMILES string of the molecule is CC(=O)C(CCOc1ccc(C=O)cc1)NC(=O)c1ccccc1. The Balaban J connectivity index is 1.88. The van der Waals surface area contributed by atoms with Gasteiger partial charge in [0.1, 0.15) is 12.0 Å². The fraction of sp³-hybridized carbons (Fsp3) is 0.211. The first-order valence-corrected chi connectivity index (χ1v) is 7.64. The topological polar surface area (TPSA) is 72.5 Å². The summed E-state index contributed by atoms with van der Waals surface area (Å²) in [4.78, 5) is 34.5. The first-order chi connectivity index (χ1) is 11.6. The molecule has 0 saturated carbocycles. The number of Topliss-reactive ketones (excluding diaryl/α,β-unsaturated/α-hetero) is 1. The Morgan fingerprint density at radius 3 is 2.33 bits per heavy atom. The van der Waals surface area contributed by atoms with Crippen LogP contribution in [0.4, 0.5) is 0 Å². The molecular weight excluding hydrogens is 306 g/mol. The van der Waals surface area contributed by atoms with Gasteiger partial charge >= 0.3 is 0 Å². The average Bonchev–Trinajstić information content (AvgIpc) is 2.62. The van der Waals surface area contributed by atoms with Crippen LogP contribution in [0.5, 0.6) is 5.75 Å². The van der Waals surface area contributed by atoms with Gasteiger partial charge in [0.05, 0.1) is 12.6 Å². The molecule has 1 unspecified atom stereocenters. The zero-order valence-electron chi connectivity index (χ0n) is 13.4. The second-order valence-corrected chi connectivity index (χ2v) is 5.33. The summed E-state index contributed by atoms with van der Waals surface area (Å²) >= 11 is 0. The van der Waals surface area contributed by atoms with Crippen LogP contribution in [0.15, 0.2) is 54.6 Å². The Labute approximate surface area is 140 Å². The maximum absolute atomic E-state index is 12.1. The minimum Gasteiger partial charge on any atom is -0.494 e. The van der Waals surface area contributed by atoms with Crippen LogP contribution in [0.25, 0.3) is 0 Å². The molecule has 2 aromatic rings. The second-order valence-electron chi connectivity index (χ2n) is 5.33. The van der Waals surface area contributed by atoms with E-state index in [9.17, 15) is 14.4 Å². The van der Waals surface area contributed by atoms with Gasteiger partial charge < -0.3 is 10.1 Å². The molecular formula is C19H19NO4. The average molecular weight is 325 g/mol. The lowest BCUT2D eigenvalue weighted by Crippen LogP contribution is -2.40. The highest BCUT2D eigenvalue weighted by Crippen LogP contribution is 2.12. The van der Waals surface area contributed by atoms with E-state index < -0.39 is 6.04 Å². The van der Waals surface area contributed by atoms with Gasteiger partial charge in [-0.25, -0.2) is 0 Å². The number of carbonyl (C=O) groups excluding carboxylic acids is 3. The summed E-state index contributed by atoms with van der Waals surface area (Å²) in [6, 6.07) is 14.8. The van der Waals surface area contributed by atoms with E-state index in [1.54, 1.807) is 48.5 Å². The number of amides is 1. The smallest absolute Gasteiger partial charge is 0.251 e. The minimum absolute atomic E-state index is 0.126. The zero-order valence-corrected chi connectivity index (χ0v) is 13.4. The lowest BCUT2D eigenvalue weighted by molar-refractivity contribution is -0.119. The van der Waals surface area contributed by atoms with Crippen LogP contribution in [-0.4, -0.2) is 30.6 Å². The van der Waals surface area contributed by atoms with Gasteiger partial charge in [0.2, 0.25) is 0 Å². The van der Waals surface area contributed by atoms with Crippen molar-refractivity contribution in [3.8, 4) is 5.75 Å². The maximum Gasteiger partial charge on any atom is 0.251 e. The van der Waals surface area contributed by atoms with Crippen molar-refractivity contribution in [1.29, 1.82) is 0 Å². The number of aldehydes is 1. The lowest BCUT2D eigenvalue weighted by Gasteiger charge is -2.16. The highest BCUT2D eigenvalue weighted by atomic mass is 16.5. The molecule has 24 heavy (non-hydrogen) atoms. The standard InChI is InChI=1S/C19H19NO4/c1-14(22)18(20-19(23)16-5-3-2-4-6-16)11-12-24-17-9-7-15(13-21)8-10-17/h2-10,13,18H,11-12H2,1H3,(H,20,23). The summed E-state index contributed by atoms with van der Waals surface area (Å²) in [7, 11) is 0. The predicted molar refractivity (Wildman–Crippen MR) is 90.3 cm³/mol. The summed E-state index contributed by atoms with van der Waals surface area (Å²) < 4.78 is 5.55. The molecule has 0 saturated heterocycles. The van der Waals surface area contributed by atoms with Crippen molar-refractivity contribution in [3.63, 3.8) is 0 Å². The van der Waals surface area contributed by atoms with Gasteiger partial charge in [0.25, 0.3) is 5.91 Å². The Kier molecular flexibility index (Phi) is 6.25. The molecule has 5 heteroatoms. The lowest BCUT2D eigenvalue weighted by atomic mass is 10.1. The van der Waals surface area contributed by atoms with E-state index in [2.05, 4.69) is 5.32 Å². The number of rotatable bonds is 8. The van der Waals surface area contributed by atoms with Crippen molar-refractivity contribution in [2.24, 2.45) is 0 Å². The maximum atomic E-state index is 12.1. The van der Waals surface area contributed by atoms with E-state index in [1.165, 1.54) is 6.92 Å². The number of hydrogen-bond donors (Lipinski definition) is 1. The number of hydrogen-bond acceptors (Lipinski definition) is 4. The Hall–Kier alpha value is -2.95. The summed E-state index contributed by atoms with van der Waals surface area (Å²) in [5, 5.41) is 2.72. The number of nitrogens with one attached hydrogen (secondary N) is 1.